The van der Waals surface area contributed by atoms with Crippen molar-refractivity contribution in [3.8, 4) is 5.75 Å². The molecule has 1 fully saturated rings. The zero-order valence-corrected chi connectivity index (χ0v) is 53.8. The number of fused-ring (bicyclic) bond motifs is 5. The van der Waals surface area contributed by atoms with Gasteiger partial charge in [0.05, 0.1) is 60.4 Å². The highest BCUT2D eigenvalue weighted by Crippen LogP contribution is 2.31. The van der Waals surface area contributed by atoms with Gasteiger partial charge in [-0.05, 0) is 54.2 Å². The van der Waals surface area contributed by atoms with Crippen LogP contribution in [0.25, 0.3) is 10.9 Å². The van der Waals surface area contributed by atoms with Crippen molar-refractivity contribution in [2.45, 2.75) is 146 Å². The number of carbonyl (C=O) groups is 14. The van der Waals surface area contributed by atoms with Crippen LogP contribution in [0.2, 0.25) is 0 Å². The second kappa shape index (κ2) is 32.5. The van der Waals surface area contributed by atoms with E-state index in [-0.39, 0.29) is 46.8 Å². The number of aliphatic hydroxyl groups excluding tert-OH is 3. The number of nitrogens with zero attached hydrogens (tertiary/aromatic N) is 2. The number of ether oxygens (including phenoxy) is 1. The molecular formula is C61H80N14O19S. The van der Waals surface area contributed by atoms with Crippen LogP contribution in [0.4, 0.5) is 5.69 Å². The van der Waals surface area contributed by atoms with Gasteiger partial charge >= 0.3 is 0 Å². The molecule has 34 heteroatoms. The molecule has 4 aliphatic heterocycles. The zero-order valence-electron chi connectivity index (χ0n) is 52.9. The summed E-state index contributed by atoms with van der Waals surface area (Å²) in [4.78, 5) is 195. The molecule has 1 aromatic heterocycles. The van der Waals surface area contributed by atoms with Crippen molar-refractivity contribution < 1.29 is 91.4 Å². The number of amides is 14. The van der Waals surface area contributed by atoms with Crippen LogP contribution in [0.3, 0.4) is 0 Å². The molecule has 14 amide bonds. The number of hydrogen-bond acceptors (Lipinski definition) is 19. The Balaban J connectivity index is 1.19. The monoisotopic (exact) mass is 1340 g/mol. The Bertz CT molecular complexity index is 3530. The topological polar surface area (TPSA) is 495 Å². The van der Waals surface area contributed by atoms with Gasteiger partial charge in [0.1, 0.15) is 65.7 Å². The SMILES string of the molecule is CC[C@H](C)C1NC(=O)CNC(=O)[C@@H]2Cc3c([nH]c4cc(OCc5ccc(NC(=O)[C@H](C)NC(=O)[C@@H](NC(=O)CCN6C(=O)C=CC6=O)C(C)C)cc5)ccc34)S(=O)C[C@H](NC(=O)CNC1=O)C(=O)N[C@@H](CC(N)=O)C(=O)N1C[C@H](O)C[C@H]1C(=O)N[C@@H]([C@@H](C)[C@@H](O)CO)C(=O)N2. The molecule has 95 heavy (non-hydrogen) atoms. The van der Waals surface area contributed by atoms with Crippen molar-refractivity contribution >= 4 is 110 Å². The quantitative estimate of drug-likeness (QED) is 0.0499. The first-order chi connectivity index (χ1) is 45.0. The number of aromatic nitrogens is 1. The number of primary amides is 1. The average Bonchev–Trinajstić information content (AvgIpc) is 1.65. The fourth-order valence-electron chi connectivity index (χ4n) is 10.9. The van der Waals surface area contributed by atoms with Gasteiger partial charge in [0.25, 0.3) is 11.8 Å². The first kappa shape index (κ1) is 72.8. The van der Waals surface area contributed by atoms with Gasteiger partial charge in [0, 0.05) is 67.6 Å². The third kappa shape index (κ3) is 18.8. The third-order valence-electron chi connectivity index (χ3n) is 16.6. The number of nitrogens with two attached hydrogens (primary N) is 1. The summed E-state index contributed by atoms with van der Waals surface area (Å²) >= 11 is 0. The fourth-order valence-corrected chi connectivity index (χ4v) is 12.3. The summed E-state index contributed by atoms with van der Waals surface area (Å²) in [5.41, 5.74) is 6.73. The lowest BCUT2D eigenvalue weighted by Crippen LogP contribution is -2.62. The minimum Gasteiger partial charge on any atom is -0.489 e. The summed E-state index contributed by atoms with van der Waals surface area (Å²) in [5.74, 6) is -15.5. The summed E-state index contributed by atoms with van der Waals surface area (Å²) in [6, 6.07) is -1.55. The highest BCUT2D eigenvalue weighted by Gasteiger charge is 2.45. The number of anilines is 1. The predicted octanol–water partition coefficient (Wildman–Crippen LogP) is -5.15. The molecule has 3 aromatic rings. The van der Waals surface area contributed by atoms with E-state index in [2.05, 4.69) is 58.2 Å². The van der Waals surface area contributed by atoms with Crippen molar-refractivity contribution in [3.63, 3.8) is 0 Å². The Hall–Kier alpha value is -9.67. The second-order valence-electron chi connectivity index (χ2n) is 24.0. The molecule has 4 aliphatic rings. The number of imide groups is 1. The molecule has 0 spiro atoms. The largest absolute Gasteiger partial charge is 0.489 e. The summed E-state index contributed by atoms with van der Waals surface area (Å²) in [5, 5.41) is 57.1. The van der Waals surface area contributed by atoms with Crippen LogP contribution in [0.15, 0.2) is 59.6 Å². The van der Waals surface area contributed by atoms with Crippen molar-refractivity contribution in [1.82, 2.24) is 62.6 Å². The molecule has 7 rings (SSSR count). The maximum absolute atomic E-state index is 15.2. The van der Waals surface area contributed by atoms with Crippen molar-refractivity contribution in [2.75, 3.05) is 43.9 Å². The van der Waals surface area contributed by atoms with E-state index in [1.165, 1.54) is 32.0 Å². The number of nitrogens with one attached hydrogen (secondary N) is 11. The molecule has 33 nitrogen and oxygen atoms in total. The van der Waals surface area contributed by atoms with Crippen LogP contribution in [-0.2, 0) is 91.0 Å². The first-order valence-corrected chi connectivity index (χ1v) is 32.1. The standard InChI is InChI=1S/C61H80N14O19S/c1-7-29(4)51-57(89)64-22-46(81)67-41-27-95(93)60-37(20-39(54(86)63-23-47(82)72-51)68-59(91)52(30(5)43(78)25-76)73-56(88)42-18-34(77)24-75(42)61(92)40(21-44(62)79)69-55(41)87)36-13-12-35(19-38(36)70-60)94-26-32-8-10-33(11-9-32)66-53(85)31(6)65-58(90)50(28(2)3)71-45(80)16-17-74-48(83)14-15-49(74)84/h8-15,19,28-31,34,39-43,50-52,70,76-78H,7,16-18,20-27H2,1-6H3,(H2,62,79)(H,63,86)(H,64,89)(H,65,90)(H,66,85)(H,67,81)(H,68,91)(H,69,87)(H,71,80)(H,72,82)(H,73,88)/t29-,30-,31-,34+,39-,40-,41-,42-,43-,50-,51?,52-,95?/m0/s1. The number of benzene rings is 2. The van der Waals surface area contributed by atoms with E-state index in [9.17, 15) is 82.4 Å². The van der Waals surface area contributed by atoms with Crippen LogP contribution < -0.4 is 63.6 Å². The van der Waals surface area contributed by atoms with Crippen molar-refractivity contribution in [3.05, 3.63) is 65.7 Å². The molecule has 2 unspecified atom stereocenters. The van der Waals surface area contributed by atoms with Gasteiger partial charge in [-0.1, -0.05) is 53.2 Å². The molecule has 2 aromatic carbocycles. The normalized spacial score (nSPS) is 24.3. The van der Waals surface area contributed by atoms with E-state index in [0.717, 1.165) is 22.0 Å². The van der Waals surface area contributed by atoms with Crippen LogP contribution in [-0.4, -0.2) is 216 Å². The molecule has 1 saturated heterocycles. The van der Waals surface area contributed by atoms with E-state index >= 15 is 4.21 Å². The average molecular weight is 1350 g/mol. The van der Waals surface area contributed by atoms with E-state index < -0.39 is 223 Å². The number of rotatable bonds is 19. The van der Waals surface area contributed by atoms with Crippen molar-refractivity contribution in [1.29, 1.82) is 0 Å². The fraction of sp³-hybridized carbons (Fsp3) is 0.508. The van der Waals surface area contributed by atoms with Crippen LogP contribution in [0.5, 0.6) is 5.75 Å². The summed E-state index contributed by atoms with van der Waals surface area (Å²) in [7, 11) is -2.48. The summed E-state index contributed by atoms with van der Waals surface area (Å²) in [6.45, 7) is 6.07. The molecule has 13 atom stereocenters. The summed E-state index contributed by atoms with van der Waals surface area (Å²) < 4.78 is 21.3. The van der Waals surface area contributed by atoms with E-state index in [4.69, 9.17) is 10.5 Å². The van der Waals surface area contributed by atoms with Gasteiger partial charge in [0.15, 0.2) is 0 Å². The van der Waals surface area contributed by atoms with Gasteiger partial charge in [0.2, 0.25) is 70.9 Å². The number of carbonyl (C=O) groups excluding carboxylic acids is 14. The minimum atomic E-state index is -2.48. The Morgan fingerprint density at radius 2 is 1.43 bits per heavy atom. The van der Waals surface area contributed by atoms with Gasteiger partial charge in [-0.25, -0.2) is 0 Å². The molecule has 0 radical (unpaired) electrons. The second-order valence-corrected chi connectivity index (χ2v) is 25.5. The van der Waals surface area contributed by atoms with Gasteiger partial charge in [-0.3, -0.25) is 76.2 Å². The summed E-state index contributed by atoms with van der Waals surface area (Å²) in [6.07, 6.45) is -2.79. The van der Waals surface area contributed by atoms with Gasteiger partial charge in [-0.2, -0.15) is 0 Å². The minimum absolute atomic E-state index is 0.0479. The Morgan fingerprint density at radius 3 is 2.07 bits per heavy atom. The Morgan fingerprint density at radius 1 is 0.768 bits per heavy atom. The van der Waals surface area contributed by atoms with Gasteiger partial charge in [-0.15, -0.1) is 0 Å². The highest BCUT2D eigenvalue weighted by atomic mass is 32.2. The highest BCUT2D eigenvalue weighted by molar-refractivity contribution is 7.85. The van der Waals surface area contributed by atoms with E-state index in [1.807, 2.05) is 0 Å². The molecule has 0 aliphatic carbocycles. The van der Waals surface area contributed by atoms with E-state index in [1.54, 1.807) is 52.0 Å². The van der Waals surface area contributed by atoms with Crippen LogP contribution >= 0.6 is 0 Å². The lowest BCUT2D eigenvalue weighted by Gasteiger charge is -2.32. The smallest absolute Gasteiger partial charge is 0.253 e. The number of H-pyrrole nitrogens is 1. The molecule has 0 saturated carbocycles. The molecule has 16 N–H and O–H groups in total. The van der Waals surface area contributed by atoms with Crippen LogP contribution in [0, 0.1) is 17.8 Å². The lowest BCUT2D eigenvalue weighted by molar-refractivity contribution is -0.144. The first-order valence-electron chi connectivity index (χ1n) is 30.8. The maximum Gasteiger partial charge on any atom is 0.253 e. The molecule has 514 valence electrons. The Kier molecular flexibility index (Phi) is 24.9. The number of aromatic amines is 1. The molecule has 2 bridgehead atoms. The molecule has 5 heterocycles. The van der Waals surface area contributed by atoms with Crippen molar-refractivity contribution in [2.24, 2.45) is 23.5 Å². The van der Waals surface area contributed by atoms with E-state index in [0.29, 0.717) is 17.7 Å². The van der Waals surface area contributed by atoms with Gasteiger partial charge < -0.3 is 88.8 Å². The number of hydrogen-bond donors (Lipinski definition) is 15. The number of aliphatic hydroxyl groups is 3. The Labute approximate surface area is 546 Å². The molecular weight excluding hydrogens is 1260 g/mol. The van der Waals surface area contributed by atoms with Crippen LogP contribution in [0.1, 0.15) is 78.4 Å². The third-order valence-corrected chi connectivity index (χ3v) is 18.1. The predicted molar refractivity (Wildman–Crippen MR) is 335 cm³/mol. The zero-order chi connectivity index (χ0) is 69.7. The maximum atomic E-state index is 15.2. The lowest BCUT2D eigenvalue weighted by atomic mass is 9.93.